The molecule has 8 rings (SSSR count). The SMILES string of the molecule is Cc1ccccc1NC(=O)COc1ccc([C@@H]2c3sc(=O)[nH]c3S[C@@H]3[C@@H]4C[C@@H]([C@@H]5C(=O)N(c6ccc(F)cc6)C(=O)[C@@H]45)[C@H]23)cc1. The zero-order valence-corrected chi connectivity index (χ0v) is 25.7. The minimum Gasteiger partial charge on any atom is -0.484 e. The third-order valence-electron chi connectivity index (χ3n) is 9.84. The topological polar surface area (TPSA) is 109 Å². The van der Waals surface area contributed by atoms with Gasteiger partial charge < -0.3 is 15.0 Å². The van der Waals surface area contributed by atoms with Crippen LogP contribution in [0.25, 0.3) is 0 Å². The van der Waals surface area contributed by atoms with E-state index in [0.717, 1.165) is 33.1 Å². The Balaban J connectivity index is 1.06. The van der Waals surface area contributed by atoms with Crippen LogP contribution in [0.1, 0.15) is 28.3 Å². The summed E-state index contributed by atoms with van der Waals surface area (Å²) in [5.41, 5.74) is 3.10. The lowest BCUT2D eigenvalue weighted by Gasteiger charge is -2.43. The van der Waals surface area contributed by atoms with Gasteiger partial charge in [-0.05, 0) is 84.7 Å². The molecule has 1 saturated heterocycles. The summed E-state index contributed by atoms with van der Waals surface area (Å²) in [7, 11) is 0. The number of thiazole rings is 1. The number of carbonyl (C=O) groups is 3. The van der Waals surface area contributed by atoms with E-state index in [9.17, 15) is 23.6 Å². The van der Waals surface area contributed by atoms with E-state index in [4.69, 9.17) is 4.74 Å². The molecule has 3 aromatic carbocycles. The Morgan fingerprint density at radius 1 is 0.978 bits per heavy atom. The van der Waals surface area contributed by atoms with Gasteiger partial charge in [0.2, 0.25) is 11.8 Å². The van der Waals surface area contributed by atoms with Crippen LogP contribution in [0.5, 0.6) is 5.75 Å². The number of rotatable bonds is 6. The first kappa shape index (κ1) is 28.3. The molecule has 4 aromatic rings. The first-order chi connectivity index (χ1) is 21.8. The second kappa shape index (κ2) is 10.7. The number of aromatic nitrogens is 1. The van der Waals surface area contributed by atoms with Gasteiger partial charge in [-0.3, -0.25) is 24.1 Å². The molecule has 2 saturated carbocycles. The van der Waals surface area contributed by atoms with E-state index in [1.54, 1.807) is 11.8 Å². The number of carbonyl (C=O) groups excluding carboxylic acids is 3. The monoisotopic (exact) mass is 641 g/mol. The summed E-state index contributed by atoms with van der Waals surface area (Å²) in [5.74, 6) is -1.55. The van der Waals surface area contributed by atoms with Crippen molar-refractivity contribution in [2.24, 2.45) is 29.6 Å². The van der Waals surface area contributed by atoms with Crippen LogP contribution >= 0.6 is 23.1 Å². The third kappa shape index (κ3) is 4.54. The molecule has 7 atom stereocenters. The highest BCUT2D eigenvalue weighted by molar-refractivity contribution is 8.00. The fourth-order valence-corrected chi connectivity index (χ4v) is 10.9. The predicted octanol–water partition coefficient (Wildman–Crippen LogP) is 5.58. The summed E-state index contributed by atoms with van der Waals surface area (Å²) in [6.07, 6.45) is 0.777. The van der Waals surface area contributed by atoms with Gasteiger partial charge >= 0.3 is 4.87 Å². The van der Waals surface area contributed by atoms with Crippen molar-refractivity contribution >= 4 is 52.2 Å². The molecule has 2 aliphatic heterocycles. The van der Waals surface area contributed by atoms with Crippen LogP contribution in [0.2, 0.25) is 0 Å². The number of aromatic amines is 1. The number of hydrogen-bond donors (Lipinski definition) is 2. The highest BCUT2D eigenvalue weighted by atomic mass is 32.2. The highest BCUT2D eigenvalue weighted by Gasteiger charge is 2.69. The minimum atomic E-state index is -0.441. The second-order valence-electron chi connectivity index (χ2n) is 12.2. The smallest absolute Gasteiger partial charge is 0.305 e. The Labute approximate surface area is 266 Å². The van der Waals surface area contributed by atoms with E-state index in [0.29, 0.717) is 11.4 Å². The molecular formula is C34H28FN3O5S2. The van der Waals surface area contributed by atoms with Crippen molar-refractivity contribution < 1.29 is 23.5 Å². The molecule has 8 nitrogen and oxygen atoms in total. The van der Waals surface area contributed by atoms with Crippen molar-refractivity contribution in [3.63, 3.8) is 0 Å². The quantitative estimate of drug-likeness (QED) is 0.266. The molecule has 2 N–H and O–H groups in total. The van der Waals surface area contributed by atoms with Gasteiger partial charge in [0.25, 0.3) is 5.91 Å². The number of benzene rings is 3. The maximum absolute atomic E-state index is 13.8. The molecular weight excluding hydrogens is 614 g/mol. The summed E-state index contributed by atoms with van der Waals surface area (Å²) in [4.78, 5) is 57.7. The second-order valence-corrected chi connectivity index (χ2v) is 14.4. The predicted molar refractivity (Wildman–Crippen MR) is 169 cm³/mol. The fraction of sp³-hybridized carbons (Fsp3) is 0.294. The number of ether oxygens (including phenoxy) is 1. The molecule has 0 radical (unpaired) electrons. The lowest BCUT2D eigenvalue weighted by molar-refractivity contribution is -0.123. The number of para-hydroxylation sites is 1. The lowest BCUT2D eigenvalue weighted by Crippen LogP contribution is -2.42. The van der Waals surface area contributed by atoms with E-state index < -0.39 is 17.7 Å². The van der Waals surface area contributed by atoms with Gasteiger partial charge in [0.1, 0.15) is 11.6 Å². The molecule has 11 heteroatoms. The van der Waals surface area contributed by atoms with E-state index in [2.05, 4.69) is 10.3 Å². The molecule has 45 heavy (non-hydrogen) atoms. The zero-order chi connectivity index (χ0) is 31.0. The number of anilines is 2. The van der Waals surface area contributed by atoms with Crippen LogP contribution in [-0.2, 0) is 14.4 Å². The van der Waals surface area contributed by atoms with Crippen LogP contribution in [0.15, 0.2) is 82.6 Å². The van der Waals surface area contributed by atoms with Crippen LogP contribution < -0.4 is 19.8 Å². The van der Waals surface area contributed by atoms with E-state index in [1.165, 1.54) is 40.5 Å². The number of imide groups is 1. The number of nitrogens with zero attached hydrogens (tertiary/aromatic N) is 1. The maximum Gasteiger partial charge on any atom is 0.305 e. The van der Waals surface area contributed by atoms with E-state index in [1.807, 2.05) is 55.5 Å². The minimum absolute atomic E-state index is 0.00896. The maximum atomic E-state index is 13.8. The molecule has 4 aliphatic rings. The number of nitrogens with one attached hydrogen (secondary N) is 2. The largest absolute Gasteiger partial charge is 0.484 e. The number of thioether (sulfide) groups is 1. The van der Waals surface area contributed by atoms with Gasteiger partial charge in [-0.15, -0.1) is 11.8 Å². The van der Waals surface area contributed by atoms with Crippen molar-refractivity contribution in [3.05, 3.63) is 104 Å². The van der Waals surface area contributed by atoms with Crippen molar-refractivity contribution in [1.82, 2.24) is 4.98 Å². The Morgan fingerprint density at radius 2 is 1.69 bits per heavy atom. The first-order valence-electron chi connectivity index (χ1n) is 14.9. The Morgan fingerprint density at radius 3 is 2.42 bits per heavy atom. The molecule has 0 unspecified atom stereocenters. The van der Waals surface area contributed by atoms with Gasteiger partial charge in [-0.2, -0.15) is 0 Å². The zero-order valence-electron chi connectivity index (χ0n) is 24.1. The third-order valence-corrected chi connectivity index (χ3v) is 12.4. The average molecular weight is 642 g/mol. The Bertz CT molecular complexity index is 1910. The van der Waals surface area contributed by atoms with E-state index in [-0.39, 0.29) is 58.1 Å². The van der Waals surface area contributed by atoms with Crippen LogP contribution in [0.3, 0.4) is 0 Å². The average Bonchev–Trinajstić information content (AvgIpc) is 3.77. The number of fused-ring (bicyclic) bond motifs is 9. The van der Waals surface area contributed by atoms with Gasteiger partial charge in [0, 0.05) is 21.7 Å². The molecule has 2 aliphatic carbocycles. The summed E-state index contributed by atoms with van der Waals surface area (Å²) < 4.78 is 19.4. The molecule has 2 bridgehead atoms. The summed E-state index contributed by atoms with van der Waals surface area (Å²) >= 11 is 2.83. The summed E-state index contributed by atoms with van der Waals surface area (Å²) in [5, 5.41) is 3.76. The molecule has 228 valence electrons. The Hall–Kier alpha value is -4.22. The first-order valence-corrected chi connectivity index (χ1v) is 16.6. The highest BCUT2D eigenvalue weighted by Crippen LogP contribution is 2.68. The number of hydrogen-bond acceptors (Lipinski definition) is 7. The van der Waals surface area contributed by atoms with Crippen molar-refractivity contribution in [1.29, 1.82) is 0 Å². The van der Waals surface area contributed by atoms with Gasteiger partial charge in [-0.25, -0.2) is 4.39 Å². The molecule has 3 amide bonds. The van der Waals surface area contributed by atoms with Crippen LogP contribution in [-0.4, -0.2) is 34.6 Å². The van der Waals surface area contributed by atoms with Gasteiger partial charge in [0.15, 0.2) is 6.61 Å². The standard InChI is InChI=1S/C34H28FN3O5S2/c1-16-4-2-3-5-23(16)36-24(39)15-43-20-12-6-17(7-13-20)25-26-21-14-22(29(26)44-31-30(25)45-34(42)37-31)28-27(21)32(40)38(33(28)41)19-10-8-18(35)9-11-19/h2-13,21-22,25-29H,14-15H2,1H3,(H,36,39)(H,37,42)/t21-,22-,25+,26-,27+,28+,29-/m1/s1. The lowest BCUT2D eigenvalue weighted by atomic mass is 9.68. The Kier molecular flexibility index (Phi) is 6.72. The summed E-state index contributed by atoms with van der Waals surface area (Å²) in [6, 6.07) is 20.6. The van der Waals surface area contributed by atoms with Crippen LogP contribution in [0.4, 0.5) is 15.8 Å². The van der Waals surface area contributed by atoms with Crippen molar-refractivity contribution in [2.75, 3.05) is 16.8 Å². The molecule has 3 fully saturated rings. The number of aryl methyl sites for hydroxylation is 1. The summed E-state index contributed by atoms with van der Waals surface area (Å²) in [6.45, 7) is 1.78. The fourth-order valence-electron chi connectivity index (χ4n) is 8.05. The van der Waals surface area contributed by atoms with Gasteiger partial charge in [-0.1, -0.05) is 41.7 Å². The van der Waals surface area contributed by atoms with Crippen LogP contribution in [0, 0.1) is 42.3 Å². The van der Waals surface area contributed by atoms with Gasteiger partial charge in [0.05, 0.1) is 22.5 Å². The van der Waals surface area contributed by atoms with E-state index >= 15 is 0 Å². The normalized spacial score (nSPS) is 27.7. The molecule has 3 heterocycles. The number of H-pyrrole nitrogens is 1. The van der Waals surface area contributed by atoms with Crippen molar-refractivity contribution in [3.8, 4) is 5.75 Å². The van der Waals surface area contributed by atoms with Crippen molar-refractivity contribution in [2.45, 2.75) is 29.5 Å². The molecule has 1 aromatic heterocycles. The number of amides is 3. The number of halogens is 1. The molecule has 0 spiro atoms.